The summed E-state index contributed by atoms with van der Waals surface area (Å²) in [7, 11) is 0. The first-order valence-corrected chi connectivity index (χ1v) is 12.7. The Morgan fingerprint density at radius 3 is 2.73 bits per heavy atom. The Balaban J connectivity index is 1.07. The zero-order valence-electron chi connectivity index (χ0n) is 19.9. The van der Waals surface area contributed by atoms with Crippen LogP contribution in [0.4, 0.5) is 0 Å². The van der Waals surface area contributed by atoms with Crippen LogP contribution in [0.5, 0.6) is 11.5 Å². The molecule has 0 N–H and O–H groups in total. The van der Waals surface area contributed by atoms with Gasteiger partial charge >= 0.3 is 5.97 Å². The second kappa shape index (κ2) is 8.31. The zero-order chi connectivity index (χ0) is 22.6. The van der Waals surface area contributed by atoms with E-state index in [1.807, 2.05) is 6.07 Å². The summed E-state index contributed by atoms with van der Waals surface area (Å²) in [5.41, 5.74) is 3.09. The van der Waals surface area contributed by atoms with Gasteiger partial charge in [-0.2, -0.15) is 0 Å². The number of ether oxygens (including phenoxy) is 3. The zero-order valence-corrected chi connectivity index (χ0v) is 19.9. The minimum Gasteiger partial charge on any atom is -0.461 e. The van der Waals surface area contributed by atoms with Crippen molar-refractivity contribution in [1.29, 1.82) is 0 Å². The SMILES string of the molecule is C[C@H]1CCC[C@]2(C)C[C@H]3OC(=O)[C@@H](CN4CCN(Cc5ccc6c(c5)OCO6)CC4)[C@H]3C=C12. The third-order valence-corrected chi connectivity index (χ3v) is 8.84. The average molecular weight is 453 g/mol. The van der Waals surface area contributed by atoms with Gasteiger partial charge in [0.15, 0.2) is 11.5 Å². The Bertz CT molecular complexity index is 953. The molecule has 2 aliphatic carbocycles. The summed E-state index contributed by atoms with van der Waals surface area (Å²) >= 11 is 0. The first-order valence-electron chi connectivity index (χ1n) is 12.7. The fourth-order valence-electron chi connectivity index (χ4n) is 6.96. The van der Waals surface area contributed by atoms with Crippen LogP contribution in [0.3, 0.4) is 0 Å². The van der Waals surface area contributed by atoms with Gasteiger partial charge in [-0.25, -0.2) is 0 Å². The van der Waals surface area contributed by atoms with Crippen LogP contribution in [0, 0.1) is 23.2 Å². The number of hydrogen-bond donors (Lipinski definition) is 0. The summed E-state index contributed by atoms with van der Waals surface area (Å²) in [5.74, 6) is 2.60. The highest BCUT2D eigenvalue weighted by molar-refractivity contribution is 5.76. The molecule has 0 unspecified atom stereocenters. The summed E-state index contributed by atoms with van der Waals surface area (Å²) in [6, 6.07) is 6.23. The maximum absolute atomic E-state index is 12.9. The van der Waals surface area contributed by atoms with E-state index in [0.717, 1.165) is 57.2 Å². The van der Waals surface area contributed by atoms with Crippen molar-refractivity contribution in [1.82, 2.24) is 9.80 Å². The molecule has 3 heterocycles. The average Bonchev–Trinajstić information content (AvgIpc) is 3.37. The number of carbonyl (C=O) groups is 1. The number of piperazine rings is 1. The number of rotatable bonds is 4. The second-order valence-corrected chi connectivity index (χ2v) is 11.1. The number of fused-ring (bicyclic) bond motifs is 3. The quantitative estimate of drug-likeness (QED) is 0.511. The normalized spacial score (nSPS) is 36.2. The van der Waals surface area contributed by atoms with Crippen molar-refractivity contribution in [3.05, 3.63) is 35.4 Å². The molecule has 0 aromatic heterocycles. The lowest BCUT2D eigenvalue weighted by atomic mass is 9.59. The van der Waals surface area contributed by atoms with Crippen LogP contribution in [-0.2, 0) is 16.1 Å². The van der Waals surface area contributed by atoms with E-state index in [2.05, 4.69) is 41.9 Å². The summed E-state index contributed by atoms with van der Waals surface area (Å²) in [4.78, 5) is 17.9. The van der Waals surface area contributed by atoms with Crippen LogP contribution in [0.25, 0.3) is 0 Å². The van der Waals surface area contributed by atoms with Gasteiger partial charge in [0.05, 0.1) is 5.92 Å². The van der Waals surface area contributed by atoms with Crippen molar-refractivity contribution in [3.63, 3.8) is 0 Å². The molecule has 6 rings (SSSR count). The van der Waals surface area contributed by atoms with Crippen LogP contribution in [0.1, 0.15) is 45.1 Å². The van der Waals surface area contributed by atoms with Gasteiger partial charge in [-0.15, -0.1) is 0 Å². The first-order chi connectivity index (χ1) is 16.0. The van der Waals surface area contributed by atoms with Crippen molar-refractivity contribution < 1.29 is 19.0 Å². The van der Waals surface area contributed by atoms with Crippen molar-refractivity contribution in [2.45, 2.75) is 52.2 Å². The van der Waals surface area contributed by atoms with Crippen molar-refractivity contribution >= 4 is 5.97 Å². The molecule has 0 bridgehead atoms. The summed E-state index contributed by atoms with van der Waals surface area (Å²) in [6.07, 6.45) is 7.38. The fraction of sp³-hybridized carbons (Fsp3) is 0.667. The molecule has 6 nitrogen and oxygen atoms in total. The van der Waals surface area contributed by atoms with E-state index in [9.17, 15) is 4.79 Å². The van der Waals surface area contributed by atoms with Crippen LogP contribution in [-0.4, -0.2) is 61.4 Å². The minimum atomic E-state index is -0.0124. The third-order valence-electron chi connectivity index (χ3n) is 8.84. The van der Waals surface area contributed by atoms with Crippen LogP contribution < -0.4 is 9.47 Å². The molecule has 0 radical (unpaired) electrons. The van der Waals surface area contributed by atoms with Gasteiger partial charge in [0, 0.05) is 45.2 Å². The first kappa shape index (κ1) is 21.5. The number of nitrogens with zero attached hydrogens (tertiary/aromatic N) is 2. The molecule has 3 fully saturated rings. The van der Waals surface area contributed by atoms with E-state index < -0.39 is 0 Å². The predicted molar refractivity (Wildman–Crippen MR) is 125 cm³/mol. The highest BCUT2D eigenvalue weighted by atomic mass is 16.7. The van der Waals surface area contributed by atoms with Gasteiger partial charge < -0.3 is 14.2 Å². The molecular weight excluding hydrogens is 416 g/mol. The molecule has 6 heteroatoms. The lowest BCUT2D eigenvalue weighted by Crippen LogP contribution is -2.48. The van der Waals surface area contributed by atoms with E-state index in [1.54, 1.807) is 5.57 Å². The van der Waals surface area contributed by atoms with Crippen LogP contribution >= 0.6 is 0 Å². The van der Waals surface area contributed by atoms with E-state index in [0.29, 0.717) is 12.7 Å². The Kier molecular flexibility index (Phi) is 5.41. The molecule has 178 valence electrons. The predicted octanol–water partition coefficient (Wildman–Crippen LogP) is 3.85. The number of benzene rings is 1. The Morgan fingerprint density at radius 1 is 1.09 bits per heavy atom. The molecular formula is C27H36N2O4. The molecule has 2 saturated heterocycles. The molecule has 1 saturated carbocycles. The van der Waals surface area contributed by atoms with Crippen molar-refractivity contribution in [3.8, 4) is 11.5 Å². The van der Waals surface area contributed by atoms with Crippen LogP contribution in [0.15, 0.2) is 29.8 Å². The Labute approximate surface area is 196 Å². The van der Waals surface area contributed by atoms with Crippen LogP contribution in [0.2, 0.25) is 0 Å². The molecule has 3 aliphatic heterocycles. The third kappa shape index (κ3) is 3.95. The van der Waals surface area contributed by atoms with E-state index in [4.69, 9.17) is 14.2 Å². The molecule has 5 aliphatic rings. The standard InChI is InChI=1S/C27H36N2O4/c1-18-4-3-7-27(2)14-25-20(13-22(18)27)21(26(30)33-25)16-29-10-8-28(9-11-29)15-19-5-6-23-24(12-19)32-17-31-23/h5-6,12-13,18,20-21,25H,3-4,7-11,14-17H2,1-2H3/t18-,20+,21-,25+,27+/m0/s1. The van der Waals surface area contributed by atoms with Crippen molar-refractivity contribution in [2.75, 3.05) is 39.5 Å². The molecule has 1 aromatic rings. The molecule has 1 aromatic carbocycles. The number of allylic oxidation sites excluding steroid dienone is 1. The highest BCUT2D eigenvalue weighted by Crippen LogP contribution is 2.54. The van der Waals surface area contributed by atoms with Gasteiger partial charge in [-0.05, 0) is 48.3 Å². The Morgan fingerprint density at radius 2 is 1.88 bits per heavy atom. The van der Waals surface area contributed by atoms with E-state index in [1.165, 1.54) is 24.8 Å². The van der Waals surface area contributed by atoms with E-state index in [-0.39, 0.29) is 29.3 Å². The fourth-order valence-corrected chi connectivity index (χ4v) is 6.96. The maximum atomic E-state index is 12.9. The number of hydrogen-bond acceptors (Lipinski definition) is 6. The number of carbonyl (C=O) groups excluding carboxylic acids is 1. The minimum absolute atomic E-state index is 0.0124. The van der Waals surface area contributed by atoms with E-state index >= 15 is 0 Å². The monoisotopic (exact) mass is 452 g/mol. The Hall–Kier alpha value is -2.05. The maximum Gasteiger partial charge on any atom is 0.311 e. The van der Waals surface area contributed by atoms with Crippen molar-refractivity contribution in [2.24, 2.45) is 23.2 Å². The molecule has 0 amide bonds. The molecule has 0 spiro atoms. The number of esters is 1. The largest absolute Gasteiger partial charge is 0.461 e. The van der Waals surface area contributed by atoms with Gasteiger partial charge in [0.1, 0.15) is 6.10 Å². The topological polar surface area (TPSA) is 51.2 Å². The van der Waals surface area contributed by atoms with Gasteiger partial charge in [-0.1, -0.05) is 38.0 Å². The second-order valence-electron chi connectivity index (χ2n) is 11.1. The summed E-state index contributed by atoms with van der Waals surface area (Å²) < 4.78 is 16.9. The summed E-state index contributed by atoms with van der Waals surface area (Å²) in [5, 5.41) is 0. The lowest BCUT2D eigenvalue weighted by Gasteiger charge is -2.46. The summed E-state index contributed by atoms with van der Waals surface area (Å²) in [6.45, 7) is 10.8. The van der Waals surface area contributed by atoms with Gasteiger partial charge in [-0.3, -0.25) is 14.6 Å². The highest BCUT2D eigenvalue weighted by Gasteiger charge is 2.52. The molecule has 33 heavy (non-hydrogen) atoms. The smallest absolute Gasteiger partial charge is 0.311 e. The lowest BCUT2D eigenvalue weighted by molar-refractivity contribution is -0.145. The van der Waals surface area contributed by atoms with Gasteiger partial charge in [0.2, 0.25) is 6.79 Å². The molecule has 5 atom stereocenters. The van der Waals surface area contributed by atoms with Gasteiger partial charge in [0.25, 0.3) is 0 Å².